The monoisotopic (exact) mass is 350 g/mol. The van der Waals surface area contributed by atoms with Crippen LogP contribution in [-0.4, -0.2) is 30.6 Å². The largest absolute Gasteiger partial charge is 0.452 e. The number of esters is 1. The summed E-state index contributed by atoms with van der Waals surface area (Å²) in [5.74, 6) is -1.37. The summed E-state index contributed by atoms with van der Waals surface area (Å²) in [5.41, 5.74) is 0.663. The Morgan fingerprint density at radius 3 is 2.62 bits per heavy atom. The number of benzene rings is 1. The van der Waals surface area contributed by atoms with Crippen LogP contribution in [0.3, 0.4) is 0 Å². The van der Waals surface area contributed by atoms with Crippen molar-refractivity contribution in [3.05, 3.63) is 40.9 Å². The fraction of sp³-hybridized carbons (Fsp3) is 0.353. The predicted octanol–water partition coefficient (Wildman–Crippen LogP) is 2.66. The van der Waals surface area contributed by atoms with Gasteiger partial charge in [-0.15, -0.1) is 0 Å². The Morgan fingerprint density at radius 2 is 1.92 bits per heavy atom. The molecule has 24 heavy (non-hydrogen) atoms. The second kappa shape index (κ2) is 9.08. The van der Waals surface area contributed by atoms with Gasteiger partial charge >= 0.3 is 12.0 Å². The summed E-state index contributed by atoms with van der Waals surface area (Å²) in [4.78, 5) is 34.7. The van der Waals surface area contributed by atoms with Gasteiger partial charge in [-0.25, -0.2) is 9.59 Å². The Kier molecular flexibility index (Phi) is 6.81. The number of carbonyl (C=O) groups is 3. The molecule has 0 radical (unpaired) electrons. The molecule has 128 valence electrons. The number of amides is 3. The van der Waals surface area contributed by atoms with E-state index < -0.39 is 24.5 Å². The number of ether oxygens (including phenoxy) is 1. The standard InChI is InChI=1S/C17H19ClN2O4/c18-14-8-4-1-5-12(14)9-10-16(22)24-11-15(21)20-17(23)19-13-6-2-3-7-13/h1,4-5,8-10,13H,2-3,6-7,11H2,(H2,19,20,21,23). The van der Waals surface area contributed by atoms with E-state index in [1.807, 2.05) is 0 Å². The number of urea groups is 1. The van der Waals surface area contributed by atoms with Crippen molar-refractivity contribution >= 4 is 35.6 Å². The smallest absolute Gasteiger partial charge is 0.331 e. The first-order chi connectivity index (χ1) is 11.5. The van der Waals surface area contributed by atoms with Crippen molar-refractivity contribution in [2.45, 2.75) is 31.7 Å². The maximum Gasteiger partial charge on any atom is 0.331 e. The fourth-order valence-corrected chi connectivity index (χ4v) is 2.61. The molecule has 1 aromatic rings. The maximum absolute atomic E-state index is 11.6. The summed E-state index contributed by atoms with van der Waals surface area (Å²) >= 11 is 5.95. The van der Waals surface area contributed by atoms with Gasteiger partial charge in [0.1, 0.15) is 0 Å². The molecule has 0 aliphatic heterocycles. The number of nitrogens with one attached hydrogen (secondary N) is 2. The second-order valence-corrected chi connectivity index (χ2v) is 5.87. The van der Waals surface area contributed by atoms with Crippen LogP contribution in [0.4, 0.5) is 4.79 Å². The molecule has 0 aromatic heterocycles. The quantitative estimate of drug-likeness (QED) is 0.631. The molecule has 0 bridgehead atoms. The molecular formula is C17H19ClN2O4. The van der Waals surface area contributed by atoms with Gasteiger partial charge in [-0.3, -0.25) is 10.1 Å². The summed E-state index contributed by atoms with van der Waals surface area (Å²) in [6.07, 6.45) is 6.66. The lowest BCUT2D eigenvalue weighted by Crippen LogP contribution is -2.44. The van der Waals surface area contributed by atoms with Gasteiger partial charge in [-0.2, -0.15) is 0 Å². The van der Waals surface area contributed by atoms with Gasteiger partial charge in [-0.1, -0.05) is 42.6 Å². The van der Waals surface area contributed by atoms with Crippen molar-refractivity contribution < 1.29 is 19.1 Å². The topological polar surface area (TPSA) is 84.5 Å². The zero-order valence-corrected chi connectivity index (χ0v) is 13.8. The van der Waals surface area contributed by atoms with E-state index in [9.17, 15) is 14.4 Å². The van der Waals surface area contributed by atoms with Gasteiger partial charge in [0.25, 0.3) is 5.91 Å². The highest BCUT2D eigenvalue weighted by atomic mass is 35.5. The predicted molar refractivity (Wildman–Crippen MR) is 90.4 cm³/mol. The third kappa shape index (κ3) is 6.04. The summed E-state index contributed by atoms with van der Waals surface area (Å²) in [5, 5.41) is 5.35. The van der Waals surface area contributed by atoms with Crippen LogP contribution in [0.1, 0.15) is 31.2 Å². The zero-order valence-electron chi connectivity index (χ0n) is 13.1. The molecule has 1 saturated carbocycles. The van der Waals surface area contributed by atoms with Crippen LogP contribution < -0.4 is 10.6 Å². The van der Waals surface area contributed by atoms with Crippen LogP contribution in [0, 0.1) is 0 Å². The van der Waals surface area contributed by atoms with Gasteiger partial charge in [0.05, 0.1) is 0 Å². The summed E-state index contributed by atoms with van der Waals surface area (Å²) in [7, 11) is 0. The Morgan fingerprint density at radius 1 is 1.21 bits per heavy atom. The lowest BCUT2D eigenvalue weighted by atomic mass is 10.2. The first kappa shape index (κ1) is 18.0. The highest BCUT2D eigenvalue weighted by molar-refractivity contribution is 6.32. The summed E-state index contributed by atoms with van der Waals surface area (Å²) in [6, 6.07) is 6.55. The molecule has 0 heterocycles. The molecule has 1 aliphatic rings. The van der Waals surface area contributed by atoms with Gasteiger partial charge in [-0.05, 0) is 30.5 Å². The molecule has 0 unspecified atom stereocenters. The number of halogens is 1. The fourth-order valence-electron chi connectivity index (χ4n) is 2.41. The highest BCUT2D eigenvalue weighted by Gasteiger charge is 2.18. The van der Waals surface area contributed by atoms with E-state index in [-0.39, 0.29) is 6.04 Å². The third-order valence-corrected chi connectivity index (χ3v) is 3.94. The van der Waals surface area contributed by atoms with E-state index in [1.165, 1.54) is 12.2 Å². The van der Waals surface area contributed by atoms with Gasteiger partial charge < -0.3 is 10.1 Å². The maximum atomic E-state index is 11.6. The Balaban J connectivity index is 1.70. The van der Waals surface area contributed by atoms with E-state index >= 15 is 0 Å². The Bertz CT molecular complexity index is 639. The van der Waals surface area contributed by atoms with Crippen LogP contribution in [0.15, 0.2) is 30.3 Å². The molecule has 1 aliphatic carbocycles. The highest BCUT2D eigenvalue weighted by Crippen LogP contribution is 2.17. The number of carbonyl (C=O) groups excluding carboxylic acids is 3. The van der Waals surface area contributed by atoms with Crippen molar-refractivity contribution in [2.75, 3.05) is 6.61 Å². The van der Waals surface area contributed by atoms with E-state index in [4.69, 9.17) is 16.3 Å². The first-order valence-corrected chi connectivity index (χ1v) is 8.12. The average molecular weight is 351 g/mol. The normalized spacial score (nSPS) is 14.5. The number of rotatable bonds is 5. The molecule has 0 spiro atoms. The van der Waals surface area contributed by atoms with Crippen LogP contribution >= 0.6 is 11.6 Å². The minimum absolute atomic E-state index is 0.110. The molecule has 0 atom stereocenters. The van der Waals surface area contributed by atoms with E-state index in [2.05, 4.69) is 10.6 Å². The van der Waals surface area contributed by atoms with Gasteiger partial charge in [0.2, 0.25) is 0 Å². The average Bonchev–Trinajstić information content (AvgIpc) is 3.05. The summed E-state index contributed by atoms with van der Waals surface area (Å²) < 4.78 is 4.78. The molecule has 0 saturated heterocycles. The van der Waals surface area contributed by atoms with Crippen molar-refractivity contribution in [3.63, 3.8) is 0 Å². The molecule has 2 rings (SSSR count). The molecule has 1 fully saturated rings. The molecule has 2 N–H and O–H groups in total. The number of imide groups is 1. The molecule has 3 amide bonds. The van der Waals surface area contributed by atoms with Crippen molar-refractivity contribution in [1.29, 1.82) is 0 Å². The molecule has 6 nitrogen and oxygen atoms in total. The lowest BCUT2D eigenvalue weighted by Gasteiger charge is -2.12. The summed E-state index contributed by atoms with van der Waals surface area (Å²) in [6.45, 7) is -0.524. The lowest BCUT2D eigenvalue weighted by molar-refractivity contribution is -0.143. The Hall–Kier alpha value is -2.34. The molecule has 7 heteroatoms. The van der Waals surface area contributed by atoms with Crippen LogP contribution in [-0.2, 0) is 14.3 Å². The zero-order chi connectivity index (χ0) is 17.4. The third-order valence-electron chi connectivity index (χ3n) is 3.59. The van der Waals surface area contributed by atoms with E-state index in [0.29, 0.717) is 10.6 Å². The van der Waals surface area contributed by atoms with Crippen molar-refractivity contribution in [2.24, 2.45) is 0 Å². The SMILES string of the molecule is O=C(COC(=O)C=Cc1ccccc1Cl)NC(=O)NC1CCCC1. The van der Waals surface area contributed by atoms with Crippen LogP contribution in [0.25, 0.3) is 6.08 Å². The molecule has 1 aromatic carbocycles. The van der Waals surface area contributed by atoms with Crippen LogP contribution in [0.2, 0.25) is 5.02 Å². The number of hydrogen-bond donors (Lipinski definition) is 2. The minimum atomic E-state index is -0.693. The van der Waals surface area contributed by atoms with Gasteiger partial charge in [0, 0.05) is 17.1 Å². The Labute approximate surface area is 145 Å². The van der Waals surface area contributed by atoms with Crippen LogP contribution in [0.5, 0.6) is 0 Å². The van der Waals surface area contributed by atoms with Crippen molar-refractivity contribution in [3.8, 4) is 0 Å². The first-order valence-electron chi connectivity index (χ1n) is 7.74. The minimum Gasteiger partial charge on any atom is -0.452 e. The van der Waals surface area contributed by atoms with Crippen molar-refractivity contribution in [1.82, 2.24) is 10.6 Å². The van der Waals surface area contributed by atoms with E-state index in [1.54, 1.807) is 24.3 Å². The second-order valence-electron chi connectivity index (χ2n) is 5.47. The molecular weight excluding hydrogens is 332 g/mol. The van der Waals surface area contributed by atoms with Gasteiger partial charge in [0.15, 0.2) is 6.61 Å². The van der Waals surface area contributed by atoms with E-state index in [0.717, 1.165) is 25.7 Å². The number of hydrogen-bond acceptors (Lipinski definition) is 4.